The van der Waals surface area contributed by atoms with Gasteiger partial charge in [-0.15, -0.1) is 0 Å². The van der Waals surface area contributed by atoms with E-state index >= 15 is 4.79 Å². The summed E-state index contributed by atoms with van der Waals surface area (Å²) in [5.74, 6) is -6.27. The molecule has 21 heteroatoms. The predicted octanol–water partition coefficient (Wildman–Crippen LogP) is 5.25. The molecule has 1 aliphatic heterocycles. The van der Waals surface area contributed by atoms with Gasteiger partial charge in [0.1, 0.15) is 36.0 Å². The number of imidazole rings is 1. The number of amides is 1. The first-order valence-corrected chi connectivity index (χ1v) is 25.9. The van der Waals surface area contributed by atoms with Gasteiger partial charge in [0.25, 0.3) is 5.91 Å². The minimum absolute atomic E-state index is 0.00289. The molecule has 418 valence electrons. The number of ketones is 1. The Hall–Kier alpha value is -8.37. The number of aromatic amines is 1. The van der Waals surface area contributed by atoms with Gasteiger partial charge in [-0.1, -0.05) is 111 Å². The number of H-pyrrole nitrogens is 1. The van der Waals surface area contributed by atoms with Crippen molar-refractivity contribution in [3.8, 4) is 5.88 Å². The molecule has 0 spiro atoms. The summed E-state index contributed by atoms with van der Waals surface area (Å²) in [5.41, 5.74) is 0.793. The second kappa shape index (κ2) is 22.4. The van der Waals surface area contributed by atoms with E-state index < -0.39 is 113 Å². The van der Waals surface area contributed by atoms with Crippen molar-refractivity contribution >= 4 is 52.7 Å². The van der Waals surface area contributed by atoms with Crippen LogP contribution in [-0.4, -0.2) is 125 Å². The van der Waals surface area contributed by atoms with E-state index in [0.29, 0.717) is 29.2 Å². The van der Waals surface area contributed by atoms with E-state index in [4.69, 9.17) is 34.2 Å². The normalized spacial score (nSPS) is 27.1. The van der Waals surface area contributed by atoms with Crippen LogP contribution in [0, 0.1) is 16.7 Å². The molecule has 80 heavy (non-hydrogen) atoms. The number of aromatic nitrogens is 4. The second-order valence-corrected chi connectivity index (χ2v) is 21.1. The largest absolute Gasteiger partial charge is 0.471 e. The number of nitrogens with one attached hydrogen (secondary N) is 2. The van der Waals surface area contributed by atoms with Gasteiger partial charge in [0, 0.05) is 37.7 Å². The highest BCUT2D eigenvalue weighted by Crippen LogP contribution is 2.64. The Balaban J connectivity index is 0.000000361. The summed E-state index contributed by atoms with van der Waals surface area (Å²) in [6, 6.07) is 32.8. The summed E-state index contributed by atoms with van der Waals surface area (Å²) in [7, 11) is 0. The van der Waals surface area contributed by atoms with E-state index in [1.807, 2.05) is 30.3 Å². The minimum Gasteiger partial charge on any atom is -0.471 e. The number of aliphatic hydroxyl groups excluding tert-OH is 2. The standard InChI is InChI=1S/C47H51NO14.C12H11N5O/c1-25-31(60-43(56)36(52)35(28-16-10-7-11-17-28)48-41(54)29-18-12-8-13-19-29)23-47(57)40(61-42(55)30-20-14-9-15-21-30)38-45(6,32(51)22-33-46(38,24-58-33)62-27(3)50)39(53)37(59-26(2)49)34(25)44(47,4)5;13-12-16-10-9(14-7-15-10)11(17-12)18-6-8-4-2-1-3-5-8/h7-21,31-33,35-38,40,51-52,57H,22-24H2,1-6H3,(H,48,54);1-5,7H,6H2,(H3,13,14,15,16,17)/t31-,32-,33+,35-,36+,37+,38-,40-,45+,46-,47+;/m0./s1. The number of nitrogen functional groups attached to an aromatic ring is 1. The molecule has 0 radical (unpaired) electrons. The first-order valence-electron chi connectivity index (χ1n) is 25.9. The van der Waals surface area contributed by atoms with Crippen LogP contribution in [0.5, 0.6) is 5.88 Å². The SMILES string of the molecule is CC(=O)O[C@H]1C(=O)[C@@]2(C)[C@H]([C@H](OC(=O)c3ccccc3)[C@]3(O)C[C@H](OC(=O)[C@H](O)[C@@H](NC(=O)c4ccccc4)c4ccccc4)C(C)=C1C3(C)C)[C@]1(OC(C)=O)CO[C@@H]1C[C@@H]2O.Nc1nc(OCc2ccccc2)c2[nH]cnc2n1. The number of benzene rings is 4. The smallest absolute Gasteiger partial charge is 0.338 e. The number of fused-ring (bicyclic) bond motifs is 6. The van der Waals surface area contributed by atoms with E-state index in [1.54, 1.807) is 92.7 Å². The zero-order chi connectivity index (χ0) is 57.3. The van der Waals surface area contributed by atoms with Crippen molar-refractivity contribution in [3.05, 3.63) is 161 Å². The number of ether oxygens (including phenoxy) is 6. The van der Waals surface area contributed by atoms with E-state index in [9.17, 15) is 39.3 Å². The van der Waals surface area contributed by atoms with Gasteiger partial charge in [-0.25, -0.2) is 14.6 Å². The van der Waals surface area contributed by atoms with Gasteiger partial charge in [0.15, 0.2) is 29.2 Å². The molecule has 2 aromatic heterocycles. The van der Waals surface area contributed by atoms with Gasteiger partial charge in [0.2, 0.25) is 11.8 Å². The highest BCUT2D eigenvalue weighted by Gasteiger charge is 2.78. The molecule has 11 atom stereocenters. The summed E-state index contributed by atoms with van der Waals surface area (Å²) < 4.78 is 35.9. The van der Waals surface area contributed by atoms with E-state index in [1.165, 1.54) is 32.3 Å². The highest BCUT2D eigenvalue weighted by molar-refractivity contribution is 5.96. The number of anilines is 1. The minimum atomic E-state index is -2.39. The van der Waals surface area contributed by atoms with Gasteiger partial charge >= 0.3 is 23.9 Å². The average Bonchev–Trinajstić information content (AvgIpc) is 3.94. The fourth-order valence-corrected chi connectivity index (χ4v) is 11.8. The number of nitrogens with two attached hydrogens (primary N) is 1. The van der Waals surface area contributed by atoms with Crippen molar-refractivity contribution in [1.82, 2.24) is 25.3 Å². The fourth-order valence-electron chi connectivity index (χ4n) is 11.8. The zero-order valence-electron chi connectivity index (χ0n) is 44.7. The molecule has 7 N–H and O–H groups in total. The van der Waals surface area contributed by atoms with Crippen LogP contribution in [0.4, 0.5) is 5.95 Å². The maximum atomic E-state index is 15.5. The van der Waals surface area contributed by atoms with Gasteiger partial charge in [-0.2, -0.15) is 9.97 Å². The Morgan fingerprint density at radius 3 is 2.05 bits per heavy atom. The van der Waals surface area contributed by atoms with Crippen LogP contribution >= 0.6 is 0 Å². The second-order valence-electron chi connectivity index (χ2n) is 21.1. The number of carbonyl (C=O) groups is 6. The van der Waals surface area contributed by atoms with Crippen LogP contribution in [-0.2, 0) is 49.5 Å². The Labute approximate surface area is 459 Å². The first kappa shape index (κ1) is 56.4. The van der Waals surface area contributed by atoms with Crippen LogP contribution in [0.2, 0.25) is 0 Å². The molecular formula is C59H62N6O15. The molecule has 1 saturated heterocycles. The third kappa shape index (κ3) is 10.4. The van der Waals surface area contributed by atoms with Crippen LogP contribution in [0.1, 0.15) is 92.3 Å². The number of aliphatic hydroxyl groups is 3. The lowest BCUT2D eigenvalue weighted by Crippen LogP contribution is -2.82. The maximum Gasteiger partial charge on any atom is 0.338 e. The molecule has 4 aromatic carbocycles. The summed E-state index contributed by atoms with van der Waals surface area (Å²) in [5, 5.41) is 40.2. The number of Topliss-reactive ketones (excluding diaryl/α,β-unsaturated/α-hetero) is 1. The van der Waals surface area contributed by atoms with Crippen molar-refractivity contribution < 1.29 is 72.5 Å². The quantitative estimate of drug-likeness (QED) is 0.0489. The molecule has 3 heterocycles. The van der Waals surface area contributed by atoms with E-state index in [0.717, 1.165) is 19.4 Å². The van der Waals surface area contributed by atoms with Crippen molar-refractivity contribution in [2.45, 2.75) is 115 Å². The molecule has 6 aromatic rings. The molecule has 1 amide bonds. The number of carbonyl (C=O) groups excluding carboxylic acids is 6. The zero-order valence-corrected chi connectivity index (χ0v) is 44.7. The Morgan fingerprint density at radius 1 is 0.838 bits per heavy atom. The number of hydrogen-bond acceptors (Lipinski definition) is 19. The van der Waals surface area contributed by atoms with Gasteiger partial charge in [-0.05, 0) is 60.4 Å². The van der Waals surface area contributed by atoms with Gasteiger partial charge in [0.05, 0.1) is 42.0 Å². The highest BCUT2D eigenvalue weighted by atomic mass is 16.6. The number of hydrogen-bond donors (Lipinski definition) is 6. The Bertz CT molecular complexity index is 3330. The molecule has 4 aliphatic rings. The first-order chi connectivity index (χ1) is 38.1. The fraction of sp³-hybridized carbons (Fsp3) is 0.373. The molecule has 10 rings (SSSR count). The number of esters is 4. The van der Waals surface area contributed by atoms with Crippen molar-refractivity contribution in [2.75, 3.05) is 12.3 Å². The lowest BCUT2D eigenvalue weighted by molar-refractivity contribution is -0.346. The molecule has 21 nitrogen and oxygen atoms in total. The summed E-state index contributed by atoms with van der Waals surface area (Å²) in [6.45, 7) is 8.40. The third-order valence-corrected chi connectivity index (χ3v) is 16.0. The monoisotopic (exact) mass is 1090 g/mol. The van der Waals surface area contributed by atoms with Crippen LogP contribution < -0.4 is 15.8 Å². The van der Waals surface area contributed by atoms with Crippen LogP contribution in [0.25, 0.3) is 11.2 Å². The molecule has 0 unspecified atom stereocenters. The molecule has 2 bridgehead atoms. The lowest BCUT2D eigenvalue weighted by Gasteiger charge is -2.67. The average molecular weight is 1100 g/mol. The van der Waals surface area contributed by atoms with Crippen LogP contribution in [0.3, 0.4) is 0 Å². The number of rotatable bonds is 13. The molecule has 2 saturated carbocycles. The van der Waals surface area contributed by atoms with Crippen molar-refractivity contribution in [3.63, 3.8) is 0 Å². The topological polar surface area (TPSA) is 311 Å². The molecular weight excluding hydrogens is 1030 g/mol. The maximum absolute atomic E-state index is 15.5. The van der Waals surface area contributed by atoms with Gasteiger partial charge in [-0.3, -0.25) is 19.2 Å². The lowest BCUT2D eigenvalue weighted by atomic mass is 9.44. The van der Waals surface area contributed by atoms with Crippen LogP contribution in [0.15, 0.2) is 139 Å². The van der Waals surface area contributed by atoms with Crippen molar-refractivity contribution in [2.24, 2.45) is 16.7 Å². The third-order valence-electron chi connectivity index (χ3n) is 16.0. The number of nitrogens with zero attached hydrogens (tertiary/aromatic N) is 3. The van der Waals surface area contributed by atoms with Gasteiger partial charge < -0.3 is 59.8 Å². The molecule has 3 fully saturated rings. The Morgan fingerprint density at radius 2 is 1.45 bits per heavy atom. The van der Waals surface area contributed by atoms with E-state index in [2.05, 4.69) is 25.3 Å². The summed E-state index contributed by atoms with van der Waals surface area (Å²) in [4.78, 5) is 98.5. The Kier molecular flexibility index (Phi) is 15.8. The summed E-state index contributed by atoms with van der Waals surface area (Å²) in [6.07, 6.45) is -8.98. The summed E-state index contributed by atoms with van der Waals surface area (Å²) >= 11 is 0. The van der Waals surface area contributed by atoms with Crippen molar-refractivity contribution in [1.29, 1.82) is 0 Å². The predicted molar refractivity (Wildman–Crippen MR) is 285 cm³/mol. The molecule has 3 aliphatic carbocycles. The van der Waals surface area contributed by atoms with E-state index in [-0.39, 0.29) is 41.2 Å².